The molecule has 60 heavy (non-hydrogen) atoms. The topological polar surface area (TPSA) is 112 Å². The summed E-state index contributed by atoms with van der Waals surface area (Å²) in [5.41, 5.74) is 3.59. The normalized spacial score (nSPS) is 11.6. The predicted octanol–water partition coefficient (Wildman–Crippen LogP) is 8.28. The Morgan fingerprint density at radius 1 is 0.667 bits per heavy atom. The fraction of sp³-hybridized carbons (Fsp3) is 0.204. The van der Waals surface area contributed by atoms with Crippen molar-refractivity contribution in [2.75, 3.05) is 64.7 Å². The number of ether oxygens (including phenoxy) is 3. The van der Waals surface area contributed by atoms with Gasteiger partial charge in [0.25, 0.3) is 0 Å². The third-order valence-corrected chi connectivity index (χ3v) is 15.0. The van der Waals surface area contributed by atoms with E-state index in [9.17, 15) is 4.79 Å². The Hall–Kier alpha value is -6.32. The van der Waals surface area contributed by atoms with E-state index in [2.05, 4.69) is 111 Å². The summed E-state index contributed by atoms with van der Waals surface area (Å²) in [7, 11) is 1.61. The Kier molecular flexibility index (Phi) is 12.9. The van der Waals surface area contributed by atoms with Crippen LogP contribution in [0, 0.1) is 0 Å². The third kappa shape index (κ3) is 9.27. The monoisotopic (exact) mass is 819 g/mol. The molecular weight excluding hydrogens is 772 g/mol. The summed E-state index contributed by atoms with van der Waals surface area (Å²) >= 11 is 0. The summed E-state index contributed by atoms with van der Waals surface area (Å²) in [6.07, 6.45) is 4.56. The summed E-state index contributed by atoms with van der Waals surface area (Å²) in [6.45, 7) is 3.11. The number of nitrogens with one attached hydrogen (secondary N) is 1. The molecule has 1 N–H and O–H groups in total. The van der Waals surface area contributed by atoms with Crippen LogP contribution in [0.25, 0.3) is 44.8 Å². The van der Waals surface area contributed by atoms with E-state index >= 15 is 0 Å². The molecule has 3 heterocycles. The standard InChI is InChI=1S/C49H47N4O6P/c1-53(24-22-49(54)50-23-29-60(40-12-6-3-7-13-40,41-14-8-4-9-15-41)42-16-10-5-11-17-42)38-20-18-36-30-47(58-45(36)32-38)43-34-52-44(35-51-43)48-31-37-19-21-39(33-46(37)59-48)57-28-27-56-26-25-55-2/h3-21,30-35H,22-29H2,1-2H3/p+1. The van der Waals surface area contributed by atoms with E-state index in [1.165, 1.54) is 15.9 Å². The van der Waals surface area contributed by atoms with E-state index in [1.807, 2.05) is 55.6 Å². The lowest BCUT2D eigenvalue weighted by molar-refractivity contribution is -0.120. The van der Waals surface area contributed by atoms with Crippen molar-refractivity contribution in [3.05, 3.63) is 152 Å². The van der Waals surface area contributed by atoms with Gasteiger partial charge in [-0.05, 0) is 72.8 Å². The molecule has 10 nitrogen and oxygen atoms in total. The first-order valence-electron chi connectivity index (χ1n) is 20.1. The fourth-order valence-electron chi connectivity index (χ4n) is 7.39. The molecule has 0 saturated carbocycles. The second-order valence-corrected chi connectivity index (χ2v) is 18.1. The van der Waals surface area contributed by atoms with Gasteiger partial charge in [0.05, 0.1) is 44.9 Å². The van der Waals surface area contributed by atoms with Gasteiger partial charge in [0.15, 0.2) is 11.5 Å². The molecular formula is C49H48N4O6P+. The maximum Gasteiger partial charge on any atom is 0.221 e. The Bertz CT molecular complexity index is 2520. The van der Waals surface area contributed by atoms with Gasteiger partial charge in [-0.2, -0.15) is 0 Å². The molecule has 0 atom stereocenters. The molecule has 3 aromatic heterocycles. The van der Waals surface area contributed by atoms with Gasteiger partial charge in [0.1, 0.15) is 58.1 Å². The van der Waals surface area contributed by atoms with E-state index < -0.39 is 7.26 Å². The van der Waals surface area contributed by atoms with Gasteiger partial charge in [0, 0.05) is 55.7 Å². The van der Waals surface area contributed by atoms with Crippen LogP contribution in [0.5, 0.6) is 5.75 Å². The SMILES string of the molecule is COCCOCCOc1ccc2cc(-c3cnc(-c4cc5ccc(N(C)CCC(=O)NCC[P+](c6ccccc6)(c6ccccc6)c6ccccc6)cc5o4)cn3)oc2c1. The highest BCUT2D eigenvalue weighted by Crippen LogP contribution is 2.54. The lowest BCUT2D eigenvalue weighted by Crippen LogP contribution is -2.38. The minimum atomic E-state index is -2.03. The van der Waals surface area contributed by atoms with Gasteiger partial charge >= 0.3 is 0 Å². The van der Waals surface area contributed by atoms with Crippen LogP contribution in [-0.4, -0.2) is 75.7 Å². The number of benzene rings is 5. The molecule has 0 aliphatic heterocycles. The van der Waals surface area contributed by atoms with Crippen molar-refractivity contribution in [1.82, 2.24) is 15.3 Å². The second kappa shape index (κ2) is 19.2. The summed E-state index contributed by atoms with van der Waals surface area (Å²) in [4.78, 5) is 24.7. The maximum absolute atomic E-state index is 13.3. The number of aromatic nitrogens is 2. The van der Waals surface area contributed by atoms with E-state index in [0.717, 1.165) is 28.2 Å². The quantitative estimate of drug-likeness (QED) is 0.0637. The summed E-state index contributed by atoms with van der Waals surface area (Å²) < 4.78 is 28.7. The highest BCUT2D eigenvalue weighted by Gasteiger charge is 2.44. The van der Waals surface area contributed by atoms with Crippen LogP contribution in [0.15, 0.2) is 161 Å². The van der Waals surface area contributed by atoms with Crippen molar-refractivity contribution in [1.29, 1.82) is 0 Å². The zero-order valence-electron chi connectivity index (χ0n) is 33.8. The van der Waals surface area contributed by atoms with Gasteiger partial charge in [0.2, 0.25) is 5.91 Å². The number of methoxy groups -OCH3 is 1. The number of nitrogens with zero attached hydrogens (tertiary/aromatic N) is 3. The summed E-state index contributed by atoms with van der Waals surface area (Å²) in [5.74, 6) is 1.94. The molecule has 8 aromatic rings. The Balaban J connectivity index is 0.876. The molecule has 0 bridgehead atoms. The third-order valence-electron chi connectivity index (χ3n) is 10.6. The van der Waals surface area contributed by atoms with Crippen molar-refractivity contribution in [3.63, 3.8) is 0 Å². The van der Waals surface area contributed by atoms with Crippen LogP contribution in [0.2, 0.25) is 0 Å². The van der Waals surface area contributed by atoms with Gasteiger partial charge in [-0.15, -0.1) is 0 Å². The van der Waals surface area contributed by atoms with Crippen LogP contribution in [0.1, 0.15) is 6.42 Å². The minimum Gasteiger partial charge on any atom is -0.491 e. The van der Waals surface area contributed by atoms with Gasteiger partial charge < -0.3 is 33.3 Å². The largest absolute Gasteiger partial charge is 0.491 e. The highest BCUT2D eigenvalue weighted by atomic mass is 31.2. The number of carbonyl (C=O) groups is 1. The van der Waals surface area contributed by atoms with Crippen molar-refractivity contribution in [2.45, 2.75) is 6.42 Å². The van der Waals surface area contributed by atoms with Crippen molar-refractivity contribution in [3.8, 4) is 28.7 Å². The van der Waals surface area contributed by atoms with Crippen molar-refractivity contribution in [2.24, 2.45) is 0 Å². The summed E-state index contributed by atoms with van der Waals surface area (Å²) in [6, 6.07) is 47.9. The van der Waals surface area contributed by atoms with E-state index in [0.29, 0.717) is 80.2 Å². The van der Waals surface area contributed by atoms with E-state index in [4.69, 9.17) is 23.0 Å². The molecule has 0 fully saturated rings. The maximum atomic E-state index is 13.3. The molecule has 8 rings (SSSR count). The van der Waals surface area contributed by atoms with Crippen molar-refractivity contribution < 1.29 is 27.8 Å². The van der Waals surface area contributed by atoms with Crippen LogP contribution < -0.4 is 30.9 Å². The van der Waals surface area contributed by atoms with Crippen LogP contribution in [0.4, 0.5) is 5.69 Å². The first kappa shape index (κ1) is 40.5. The molecule has 11 heteroatoms. The number of furan rings is 2. The first-order valence-corrected chi connectivity index (χ1v) is 22.1. The number of rotatable bonds is 19. The average molecular weight is 820 g/mol. The smallest absolute Gasteiger partial charge is 0.221 e. The van der Waals surface area contributed by atoms with Gasteiger partial charge in [-0.3, -0.25) is 4.79 Å². The number of hydrogen-bond donors (Lipinski definition) is 1. The molecule has 5 aromatic carbocycles. The zero-order valence-corrected chi connectivity index (χ0v) is 34.7. The van der Waals surface area contributed by atoms with E-state index in [-0.39, 0.29) is 5.91 Å². The molecule has 304 valence electrons. The van der Waals surface area contributed by atoms with Gasteiger partial charge in [-0.25, -0.2) is 9.97 Å². The minimum absolute atomic E-state index is 0.0227. The average Bonchev–Trinajstić information content (AvgIpc) is 3.94. The number of hydrogen-bond acceptors (Lipinski definition) is 9. The molecule has 0 aliphatic rings. The van der Waals surface area contributed by atoms with Crippen LogP contribution in [0.3, 0.4) is 0 Å². The molecule has 0 saturated heterocycles. The van der Waals surface area contributed by atoms with E-state index in [1.54, 1.807) is 19.5 Å². The van der Waals surface area contributed by atoms with Crippen molar-refractivity contribution >= 4 is 56.7 Å². The Morgan fingerprint density at radius 2 is 1.22 bits per heavy atom. The predicted molar refractivity (Wildman–Crippen MR) is 242 cm³/mol. The molecule has 0 unspecified atom stereocenters. The molecule has 0 aliphatic carbocycles. The molecule has 0 radical (unpaired) electrons. The number of anilines is 1. The molecule has 1 amide bonds. The fourth-order valence-corrected chi connectivity index (χ4v) is 11.5. The number of carbonyl (C=O) groups excluding carboxylic acids is 1. The first-order chi connectivity index (χ1) is 29.5. The number of fused-ring (bicyclic) bond motifs is 2. The van der Waals surface area contributed by atoms with Crippen LogP contribution >= 0.6 is 7.26 Å². The Morgan fingerprint density at radius 3 is 1.78 bits per heavy atom. The lowest BCUT2D eigenvalue weighted by Gasteiger charge is -2.28. The zero-order chi connectivity index (χ0) is 41.2. The van der Waals surface area contributed by atoms with Gasteiger partial charge in [-0.1, -0.05) is 54.6 Å². The highest BCUT2D eigenvalue weighted by molar-refractivity contribution is 7.95. The van der Waals surface area contributed by atoms with Crippen LogP contribution in [-0.2, 0) is 14.3 Å². The second-order valence-electron chi connectivity index (χ2n) is 14.4. The molecule has 0 spiro atoms. The number of amides is 1. The Labute approximate surface area is 350 Å². The summed E-state index contributed by atoms with van der Waals surface area (Å²) in [5, 5.41) is 9.05. The lowest BCUT2D eigenvalue weighted by atomic mass is 10.2.